The smallest absolute Gasteiger partial charge is 0.172 e. The van der Waals surface area contributed by atoms with Crippen LogP contribution in [0.5, 0.6) is 0 Å². The van der Waals surface area contributed by atoms with Gasteiger partial charge in [0.1, 0.15) is 5.82 Å². The molecule has 0 aliphatic carbocycles. The molecule has 0 spiro atoms. The minimum Gasteiger partial charge on any atom is -0.379 e. The lowest BCUT2D eigenvalue weighted by molar-refractivity contribution is 0.0375. The van der Waals surface area contributed by atoms with Crippen LogP contribution in [0.1, 0.15) is 11.1 Å². The molecule has 0 saturated carbocycles. The van der Waals surface area contributed by atoms with Gasteiger partial charge < -0.3 is 14.4 Å². The van der Waals surface area contributed by atoms with E-state index in [0.29, 0.717) is 32.2 Å². The third-order valence-electron chi connectivity index (χ3n) is 6.65. The molecular formula is C28H32N8O2. The molecule has 2 aromatic carbocycles. The summed E-state index contributed by atoms with van der Waals surface area (Å²) in [6.07, 6.45) is 1.81. The zero-order valence-electron chi connectivity index (χ0n) is 21.5. The summed E-state index contributed by atoms with van der Waals surface area (Å²) < 4.78 is 13.2. The topological polar surface area (TPSA) is 82.8 Å². The monoisotopic (exact) mass is 512 g/mol. The largest absolute Gasteiger partial charge is 0.379 e. The average molecular weight is 513 g/mol. The van der Waals surface area contributed by atoms with Gasteiger partial charge in [-0.05, 0) is 24.6 Å². The van der Waals surface area contributed by atoms with Crippen LogP contribution in [0.4, 0.5) is 23.1 Å². The summed E-state index contributed by atoms with van der Waals surface area (Å²) in [5.74, 6) is 2.42. The third kappa shape index (κ3) is 5.33. The maximum atomic E-state index is 5.62. The summed E-state index contributed by atoms with van der Waals surface area (Å²) >= 11 is 0. The van der Waals surface area contributed by atoms with Crippen molar-refractivity contribution in [2.45, 2.75) is 6.92 Å². The van der Waals surface area contributed by atoms with Gasteiger partial charge >= 0.3 is 0 Å². The van der Waals surface area contributed by atoms with Crippen LogP contribution in [0, 0.1) is 6.92 Å². The van der Waals surface area contributed by atoms with Gasteiger partial charge in [0.25, 0.3) is 0 Å². The number of hydrogen-bond donors (Lipinski definition) is 1. The Kier molecular flexibility index (Phi) is 7.16. The van der Waals surface area contributed by atoms with Crippen molar-refractivity contribution in [3.63, 3.8) is 0 Å². The number of benzene rings is 2. The van der Waals surface area contributed by atoms with E-state index in [2.05, 4.69) is 56.6 Å². The molecule has 2 fully saturated rings. The van der Waals surface area contributed by atoms with E-state index in [1.807, 2.05) is 53.2 Å². The highest BCUT2D eigenvalue weighted by Crippen LogP contribution is 2.30. The fourth-order valence-corrected chi connectivity index (χ4v) is 4.81. The summed E-state index contributed by atoms with van der Waals surface area (Å²) in [7, 11) is 0. The number of fused-ring (bicyclic) bond motifs is 1. The van der Waals surface area contributed by atoms with Gasteiger partial charge in [-0.2, -0.15) is 9.62 Å². The quantitative estimate of drug-likeness (QED) is 0.297. The first-order valence-electron chi connectivity index (χ1n) is 13.0. The number of hydrogen-bond acceptors (Lipinski definition) is 9. The average Bonchev–Trinajstić information content (AvgIpc) is 3.38. The number of hydrazone groups is 1. The minimum absolute atomic E-state index is 0.659. The van der Waals surface area contributed by atoms with Gasteiger partial charge in [0.2, 0.25) is 0 Å². The van der Waals surface area contributed by atoms with E-state index in [1.165, 1.54) is 5.56 Å². The van der Waals surface area contributed by atoms with Crippen LogP contribution in [-0.4, -0.2) is 78.4 Å². The molecule has 0 bridgehead atoms. The molecule has 38 heavy (non-hydrogen) atoms. The van der Waals surface area contributed by atoms with Gasteiger partial charge in [0, 0.05) is 38.3 Å². The van der Waals surface area contributed by atoms with Crippen LogP contribution in [0.25, 0.3) is 5.65 Å². The lowest BCUT2D eigenvalue weighted by Gasteiger charge is -2.37. The Morgan fingerprint density at radius 3 is 2.42 bits per heavy atom. The predicted octanol–water partition coefficient (Wildman–Crippen LogP) is 3.71. The van der Waals surface area contributed by atoms with Crippen molar-refractivity contribution in [3.8, 4) is 0 Å². The molecule has 1 N–H and O–H groups in total. The fraction of sp³-hybridized carbons (Fsp3) is 0.321. The SMILES string of the molecule is Cc1cccc(C=NNc2cc(N3CCOCC3)n3nc(N(c4ccccc4)N4CCOCC4)cc3n2)c1. The second kappa shape index (κ2) is 11.2. The summed E-state index contributed by atoms with van der Waals surface area (Å²) in [4.78, 5) is 7.15. The first-order valence-corrected chi connectivity index (χ1v) is 13.0. The molecule has 2 aromatic heterocycles. The van der Waals surface area contributed by atoms with E-state index in [9.17, 15) is 0 Å². The van der Waals surface area contributed by atoms with Crippen LogP contribution < -0.4 is 15.3 Å². The Labute approximate surface area is 222 Å². The molecule has 2 saturated heterocycles. The highest BCUT2D eigenvalue weighted by molar-refractivity contribution is 5.80. The van der Waals surface area contributed by atoms with Crippen molar-refractivity contribution in [1.29, 1.82) is 0 Å². The summed E-state index contributed by atoms with van der Waals surface area (Å²) in [6, 6.07) is 22.6. The molecular weight excluding hydrogens is 480 g/mol. The molecule has 0 radical (unpaired) electrons. The van der Waals surface area contributed by atoms with Gasteiger partial charge in [0.05, 0.1) is 38.3 Å². The van der Waals surface area contributed by atoms with Gasteiger partial charge in [-0.1, -0.05) is 48.0 Å². The molecule has 2 aliphatic heterocycles. The predicted molar refractivity (Wildman–Crippen MR) is 149 cm³/mol. The van der Waals surface area contributed by atoms with Crippen molar-refractivity contribution in [2.24, 2.45) is 5.10 Å². The second-order valence-corrected chi connectivity index (χ2v) is 9.37. The Morgan fingerprint density at radius 1 is 0.895 bits per heavy atom. The van der Waals surface area contributed by atoms with Crippen LogP contribution in [0.3, 0.4) is 0 Å². The standard InChI is InChI=1S/C28H32N8O2/c1-22-6-5-7-23(18-22)21-29-31-25-19-28(33-10-14-37-15-11-33)35-26(30-25)20-27(32-35)36(24-8-3-2-4-9-24)34-12-16-38-17-13-34/h2-9,18-21H,10-17H2,1H3,(H,30,31). The Hall–Kier alpha value is -3.99. The molecule has 0 atom stereocenters. The number of morpholine rings is 2. The Morgan fingerprint density at radius 2 is 1.66 bits per heavy atom. The first-order chi connectivity index (χ1) is 18.7. The van der Waals surface area contributed by atoms with Crippen LogP contribution in [-0.2, 0) is 9.47 Å². The van der Waals surface area contributed by atoms with Crippen molar-refractivity contribution in [2.75, 3.05) is 67.9 Å². The molecule has 196 valence electrons. The number of aromatic nitrogens is 3. The maximum absolute atomic E-state index is 5.62. The van der Waals surface area contributed by atoms with Crippen LogP contribution in [0.2, 0.25) is 0 Å². The maximum Gasteiger partial charge on any atom is 0.172 e. The van der Waals surface area contributed by atoms with Crippen LogP contribution >= 0.6 is 0 Å². The number of para-hydroxylation sites is 1. The number of ether oxygens (including phenoxy) is 2. The summed E-state index contributed by atoms with van der Waals surface area (Å²) in [5, 5.41) is 14.0. The molecule has 0 amide bonds. The lowest BCUT2D eigenvalue weighted by Crippen LogP contribution is -2.46. The van der Waals surface area contributed by atoms with Crippen molar-refractivity contribution >= 4 is 35.0 Å². The number of anilines is 4. The van der Waals surface area contributed by atoms with E-state index < -0.39 is 0 Å². The van der Waals surface area contributed by atoms with Gasteiger partial charge in [0.15, 0.2) is 17.3 Å². The minimum atomic E-state index is 0.659. The third-order valence-corrected chi connectivity index (χ3v) is 6.65. The van der Waals surface area contributed by atoms with E-state index in [-0.39, 0.29) is 0 Å². The van der Waals surface area contributed by atoms with E-state index in [4.69, 9.17) is 19.6 Å². The van der Waals surface area contributed by atoms with Crippen molar-refractivity contribution in [1.82, 2.24) is 19.6 Å². The summed E-state index contributed by atoms with van der Waals surface area (Å²) in [6.45, 7) is 7.92. The molecule has 4 heterocycles. The van der Waals surface area contributed by atoms with Gasteiger partial charge in [-0.3, -0.25) is 10.4 Å². The molecule has 10 nitrogen and oxygen atoms in total. The first kappa shape index (κ1) is 24.4. The molecule has 0 unspecified atom stereocenters. The zero-order chi connectivity index (χ0) is 25.7. The fourth-order valence-electron chi connectivity index (χ4n) is 4.81. The Bertz CT molecular complexity index is 1390. The highest BCUT2D eigenvalue weighted by atomic mass is 16.5. The normalized spacial score (nSPS) is 16.8. The molecule has 6 rings (SSSR count). The van der Waals surface area contributed by atoms with E-state index in [1.54, 1.807) is 0 Å². The number of nitrogens with one attached hydrogen (secondary N) is 1. The Balaban J connectivity index is 1.38. The van der Waals surface area contributed by atoms with Gasteiger partial charge in [-0.25, -0.2) is 9.99 Å². The number of aryl methyl sites for hydroxylation is 1. The highest BCUT2D eigenvalue weighted by Gasteiger charge is 2.25. The number of rotatable bonds is 7. The molecule has 2 aliphatic rings. The van der Waals surface area contributed by atoms with E-state index >= 15 is 0 Å². The number of nitrogens with zero attached hydrogens (tertiary/aromatic N) is 7. The molecule has 4 aromatic rings. The number of hydrazine groups is 1. The van der Waals surface area contributed by atoms with Crippen molar-refractivity contribution in [3.05, 3.63) is 77.9 Å². The van der Waals surface area contributed by atoms with E-state index in [0.717, 1.165) is 54.7 Å². The zero-order valence-corrected chi connectivity index (χ0v) is 21.5. The van der Waals surface area contributed by atoms with Crippen molar-refractivity contribution < 1.29 is 9.47 Å². The second-order valence-electron chi connectivity index (χ2n) is 9.37. The van der Waals surface area contributed by atoms with Crippen LogP contribution in [0.15, 0.2) is 71.8 Å². The summed E-state index contributed by atoms with van der Waals surface area (Å²) in [5.41, 5.74) is 7.15. The van der Waals surface area contributed by atoms with Gasteiger partial charge in [-0.15, -0.1) is 5.10 Å². The molecule has 10 heteroatoms. The lowest BCUT2D eigenvalue weighted by atomic mass is 10.2.